The lowest BCUT2D eigenvalue weighted by atomic mass is 10.2. The van der Waals surface area contributed by atoms with Crippen LogP contribution in [-0.4, -0.2) is 41.0 Å². The summed E-state index contributed by atoms with van der Waals surface area (Å²) in [7, 11) is 0. The third-order valence-corrected chi connectivity index (χ3v) is 4.76. The number of aromatic nitrogens is 2. The minimum absolute atomic E-state index is 0.208. The highest BCUT2D eigenvalue weighted by Crippen LogP contribution is 2.23. The van der Waals surface area contributed by atoms with Crippen LogP contribution in [0, 0.1) is 11.6 Å². The number of nitrogens with one attached hydrogen (secondary N) is 1. The van der Waals surface area contributed by atoms with Crippen LogP contribution in [0.2, 0.25) is 0 Å². The average Bonchev–Trinajstić information content (AvgIpc) is 2.72. The van der Waals surface area contributed by atoms with Crippen molar-refractivity contribution in [1.29, 1.82) is 0 Å². The van der Waals surface area contributed by atoms with Gasteiger partial charge in [-0.1, -0.05) is 36.4 Å². The van der Waals surface area contributed by atoms with Crippen molar-refractivity contribution in [1.82, 2.24) is 14.9 Å². The molecule has 0 bridgehead atoms. The maximum atomic E-state index is 13.9. The Morgan fingerprint density at radius 1 is 0.857 bits per heavy atom. The van der Waals surface area contributed by atoms with E-state index in [9.17, 15) is 8.78 Å². The number of rotatable bonds is 5. The van der Waals surface area contributed by atoms with E-state index >= 15 is 0 Å². The van der Waals surface area contributed by atoms with Gasteiger partial charge in [0.25, 0.3) is 0 Å². The molecule has 1 aromatic heterocycles. The van der Waals surface area contributed by atoms with Crippen LogP contribution >= 0.6 is 0 Å². The van der Waals surface area contributed by atoms with E-state index < -0.39 is 11.6 Å². The second-order valence-electron chi connectivity index (χ2n) is 6.71. The summed E-state index contributed by atoms with van der Waals surface area (Å²) in [6.45, 7) is 4.31. The largest absolute Gasteiger partial charge is 0.338 e. The molecule has 0 saturated carbocycles. The first kappa shape index (κ1) is 18.3. The highest BCUT2D eigenvalue weighted by molar-refractivity contribution is 5.58. The summed E-state index contributed by atoms with van der Waals surface area (Å²) < 4.78 is 27.7. The van der Waals surface area contributed by atoms with Gasteiger partial charge in [-0.3, -0.25) is 4.90 Å². The highest BCUT2D eigenvalue weighted by Gasteiger charge is 2.19. The summed E-state index contributed by atoms with van der Waals surface area (Å²) in [5.41, 5.74) is 1.09. The van der Waals surface area contributed by atoms with E-state index in [0.29, 0.717) is 11.8 Å². The molecule has 0 amide bonds. The Bertz CT molecular complexity index is 907. The van der Waals surface area contributed by atoms with E-state index in [0.717, 1.165) is 32.7 Å². The molecule has 1 N–H and O–H groups in total. The van der Waals surface area contributed by atoms with Gasteiger partial charge in [-0.15, -0.1) is 0 Å². The molecule has 0 radical (unpaired) electrons. The molecule has 144 valence electrons. The van der Waals surface area contributed by atoms with Crippen molar-refractivity contribution >= 4 is 17.5 Å². The molecule has 1 fully saturated rings. The molecular formula is C21H21F2N5. The summed E-state index contributed by atoms with van der Waals surface area (Å²) in [4.78, 5) is 13.2. The molecule has 1 saturated heterocycles. The predicted octanol–water partition coefficient (Wildman–Crippen LogP) is 3.82. The van der Waals surface area contributed by atoms with Crippen molar-refractivity contribution in [3.05, 3.63) is 78.0 Å². The first-order valence-electron chi connectivity index (χ1n) is 9.24. The molecule has 2 heterocycles. The number of piperazine rings is 1. The zero-order valence-corrected chi connectivity index (χ0v) is 15.4. The maximum absolute atomic E-state index is 13.9. The van der Waals surface area contributed by atoms with Gasteiger partial charge in [0.2, 0.25) is 5.95 Å². The van der Waals surface area contributed by atoms with Gasteiger partial charge in [0, 0.05) is 38.9 Å². The molecule has 0 unspecified atom stereocenters. The molecule has 0 atom stereocenters. The number of hydrogen-bond acceptors (Lipinski definition) is 5. The number of para-hydroxylation sites is 1. The maximum Gasteiger partial charge on any atom is 0.227 e. The minimum atomic E-state index is -0.658. The van der Waals surface area contributed by atoms with E-state index in [1.807, 2.05) is 6.07 Å². The Morgan fingerprint density at radius 2 is 1.57 bits per heavy atom. The van der Waals surface area contributed by atoms with Crippen molar-refractivity contribution in [3.8, 4) is 0 Å². The fourth-order valence-corrected chi connectivity index (χ4v) is 3.26. The Morgan fingerprint density at radius 3 is 2.29 bits per heavy atom. The van der Waals surface area contributed by atoms with E-state index in [1.165, 1.54) is 23.8 Å². The molecule has 3 aromatic rings. The summed E-state index contributed by atoms with van der Waals surface area (Å²) >= 11 is 0. The van der Waals surface area contributed by atoms with Crippen LogP contribution in [0.3, 0.4) is 0 Å². The van der Waals surface area contributed by atoms with Crippen molar-refractivity contribution < 1.29 is 8.78 Å². The first-order valence-corrected chi connectivity index (χ1v) is 9.24. The van der Waals surface area contributed by atoms with Gasteiger partial charge in [0.15, 0.2) is 0 Å². The van der Waals surface area contributed by atoms with Gasteiger partial charge in [-0.2, -0.15) is 4.98 Å². The molecular weight excluding hydrogens is 360 g/mol. The lowest BCUT2D eigenvalue weighted by molar-refractivity contribution is 0.248. The molecule has 1 aliphatic rings. The van der Waals surface area contributed by atoms with Gasteiger partial charge in [-0.05, 0) is 23.8 Å². The average molecular weight is 381 g/mol. The van der Waals surface area contributed by atoms with Crippen LogP contribution in [-0.2, 0) is 6.54 Å². The van der Waals surface area contributed by atoms with Crippen molar-refractivity contribution in [2.24, 2.45) is 0 Å². The SMILES string of the molecule is Fc1cccc(F)c1Nc1ccnc(N2CCN(Cc3ccccc3)CC2)n1. The molecule has 5 nitrogen and oxygen atoms in total. The third kappa shape index (κ3) is 4.26. The monoisotopic (exact) mass is 381 g/mol. The van der Waals surface area contributed by atoms with Gasteiger partial charge in [-0.25, -0.2) is 13.8 Å². The fourth-order valence-electron chi connectivity index (χ4n) is 3.26. The van der Waals surface area contributed by atoms with E-state index in [2.05, 4.69) is 49.4 Å². The number of nitrogens with zero attached hydrogens (tertiary/aromatic N) is 4. The molecule has 1 aliphatic heterocycles. The minimum Gasteiger partial charge on any atom is -0.338 e. The first-order chi connectivity index (χ1) is 13.7. The Kier molecular flexibility index (Phi) is 5.43. The van der Waals surface area contributed by atoms with Gasteiger partial charge < -0.3 is 10.2 Å². The Labute approximate surface area is 162 Å². The second-order valence-corrected chi connectivity index (χ2v) is 6.71. The van der Waals surface area contributed by atoms with E-state index in [1.54, 1.807) is 12.3 Å². The van der Waals surface area contributed by atoms with Gasteiger partial charge >= 0.3 is 0 Å². The van der Waals surface area contributed by atoms with Crippen LogP contribution in [0.5, 0.6) is 0 Å². The van der Waals surface area contributed by atoms with Gasteiger partial charge in [0.05, 0.1) is 0 Å². The predicted molar refractivity (Wildman–Crippen MR) is 106 cm³/mol. The molecule has 28 heavy (non-hydrogen) atoms. The van der Waals surface area contributed by atoms with Crippen LogP contribution < -0.4 is 10.2 Å². The lowest BCUT2D eigenvalue weighted by Gasteiger charge is -2.34. The van der Waals surface area contributed by atoms with Gasteiger partial charge in [0.1, 0.15) is 23.1 Å². The molecule has 7 heteroatoms. The molecule has 0 aliphatic carbocycles. The number of benzene rings is 2. The molecule has 2 aromatic carbocycles. The normalized spacial score (nSPS) is 14.9. The van der Waals surface area contributed by atoms with Crippen molar-refractivity contribution in [3.63, 3.8) is 0 Å². The Hall–Kier alpha value is -3.06. The number of hydrogen-bond donors (Lipinski definition) is 1. The van der Waals surface area contributed by atoms with Crippen LogP contribution in [0.15, 0.2) is 60.8 Å². The van der Waals surface area contributed by atoms with E-state index in [-0.39, 0.29) is 5.69 Å². The smallest absolute Gasteiger partial charge is 0.227 e. The summed E-state index contributed by atoms with van der Waals surface area (Å²) in [6, 6.07) is 15.7. The van der Waals surface area contributed by atoms with Crippen molar-refractivity contribution in [2.75, 3.05) is 36.4 Å². The van der Waals surface area contributed by atoms with Crippen LogP contribution in [0.4, 0.5) is 26.2 Å². The van der Waals surface area contributed by atoms with Crippen LogP contribution in [0.25, 0.3) is 0 Å². The van der Waals surface area contributed by atoms with Crippen molar-refractivity contribution in [2.45, 2.75) is 6.54 Å². The molecule has 0 spiro atoms. The van der Waals surface area contributed by atoms with E-state index in [4.69, 9.17) is 0 Å². The lowest BCUT2D eigenvalue weighted by Crippen LogP contribution is -2.46. The quantitative estimate of drug-likeness (QED) is 0.728. The van der Waals surface area contributed by atoms with Crippen LogP contribution in [0.1, 0.15) is 5.56 Å². The topological polar surface area (TPSA) is 44.3 Å². The Balaban J connectivity index is 1.40. The summed E-state index contributed by atoms with van der Waals surface area (Å²) in [5.74, 6) is -0.397. The second kappa shape index (κ2) is 8.31. The fraction of sp³-hybridized carbons (Fsp3) is 0.238. The molecule has 4 rings (SSSR count). The highest BCUT2D eigenvalue weighted by atomic mass is 19.1. The third-order valence-electron chi connectivity index (χ3n) is 4.76. The standard InChI is InChI=1S/C21H21F2N5/c22-17-7-4-8-18(23)20(17)25-19-9-10-24-21(26-19)28-13-11-27(12-14-28)15-16-5-2-1-3-6-16/h1-10H,11-15H2,(H,24,25,26). The summed E-state index contributed by atoms with van der Waals surface area (Å²) in [5, 5.41) is 2.72. The number of anilines is 3. The number of halogens is 2. The zero-order chi connectivity index (χ0) is 19.3. The summed E-state index contributed by atoms with van der Waals surface area (Å²) in [6.07, 6.45) is 1.60. The zero-order valence-electron chi connectivity index (χ0n) is 15.4.